The lowest BCUT2D eigenvalue weighted by Crippen LogP contribution is -2.36. The van der Waals surface area contributed by atoms with E-state index < -0.39 is 6.61 Å². The normalized spacial score (nSPS) is 11.2. The van der Waals surface area contributed by atoms with Crippen LogP contribution >= 0.6 is 24.0 Å². The van der Waals surface area contributed by atoms with E-state index in [0.29, 0.717) is 19.0 Å². The van der Waals surface area contributed by atoms with Crippen molar-refractivity contribution in [3.8, 4) is 11.5 Å². The van der Waals surface area contributed by atoms with Crippen molar-refractivity contribution < 1.29 is 22.8 Å². The van der Waals surface area contributed by atoms with E-state index in [4.69, 9.17) is 9.26 Å². The molecule has 1 aromatic heterocycles. The summed E-state index contributed by atoms with van der Waals surface area (Å²) in [7, 11) is 3.06. The van der Waals surface area contributed by atoms with Gasteiger partial charge in [-0.05, 0) is 24.1 Å². The lowest BCUT2D eigenvalue weighted by Gasteiger charge is -2.14. The molecule has 0 bridgehead atoms. The highest BCUT2D eigenvalue weighted by Crippen LogP contribution is 2.29. The number of ether oxygens (including phenoxy) is 2. The molecule has 0 spiro atoms. The molecule has 2 aromatic rings. The summed E-state index contributed by atoms with van der Waals surface area (Å²) in [5.41, 5.74) is 2.70. The molecule has 0 aliphatic heterocycles. The SMILES string of the molecule is CCc1noc(CC)c1CNC(=NC)NCc1ccc(OC)c(OC(F)F)c1.I. The minimum atomic E-state index is -2.92. The number of methoxy groups -OCH3 is 1. The van der Waals surface area contributed by atoms with Crippen molar-refractivity contribution >= 4 is 29.9 Å². The van der Waals surface area contributed by atoms with Gasteiger partial charge in [-0.2, -0.15) is 8.78 Å². The Kier molecular flexibility index (Phi) is 10.7. The minimum absolute atomic E-state index is 0. The Morgan fingerprint density at radius 3 is 2.48 bits per heavy atom. The van der Waals surface area contributed by atoms with E-state index in [1.54, 1.807) is 19.2 Å². The number of rotatable bonds is 9. The Balaban J connectivity index is 0.00000420. The van der Waals surface area contributed by atoms with Crippen LogP contribution in [0.3, 0.4) is 0 Å². The summed E-state index contributed by atoms with van der Waals surface area (Å²) >= 11 is 0. The molecular weight excluding hydrogens is 497 g/mol. The second kappa shape index (κ2) is 12.5. The summed E-state index contributed by atoms with van der Waals surface area (Å²) in [6, 6.07) is 4.86. The molecule has 1 aromatic carbocycles. The molecule has 0 atom stereocenters. The molecule has 7 nitrogen and oxygen atoms in total. The zero-order chi connectivity index (χ0) is 20.5. The van der Waals surface area contributed by atoms with Gasteiger partial charge in [0.25, 0.3) is 0 Å². The zero-order valence-corrected chi connectivity index (χ0v) is 19.3. The number of nitrogens with zero attached hydrogens (tertiary/aromatic N) is 2. The molecule has 0 radical (unpaired) electrons. The molecule has 0 saturated carbocycles. The van der Waals surface area contributed by atoms with E-state index in [1.165, 1.54) is 13.2 Å². The smallest absolute Gasteiger partial charge is 0.387 e. The van der Waals surface area contributed by atoms with Gasteiger partial charge in [0, 0.05) is 32.1 Å². The van der Waals surface area contributed by atoms with Crippen molar-refractivity contribution in [1.29, 1.82) is 0 Å². The molecule has 0 amide bonds. The van der Waals surface area contributed by atoms with Crippen molar-refractivity contribution in [2.75, 3.05) is 14.2 Å². The monoisotopic (exact) mass is 524 g/mol. The van der Waals surface area contributed by atoms with Crippen LogP contribution in [0.1, 0.15) is 36.4 Å². The van der Waals surface area contributed by atoms with Gasteiger partial charge in [-0.15, -0.1) is 24.0 Å². The van der Waals surface area contributed by atoms with Crippen molar-refractivity contribution in [2.24, 2.45) is 4.99 Å². The van der Waals surface area contributed by atoms with Crippen molar-refractivity contribution in [3.05, 3.63) is 40.8 Å². The summed E-state index contributed by atoms with van der Waals surface area (Å²) < 4.78 is 40.0. The molecule has 0 fully saturated rings. The first-order valence-corrected chi connectivity index (χ1v) is 9.04. The third kappa shape index (κ3) is 7.02. The van der Waals surface area contributed by atoms with Crippen LogP contribution in [0.15, 0.2) is 27.7 Å². The molecule has 10 heteroatoms. The van der Waals surface area contributed by atoms with Gasteiger partial charge in [-0.25, -0.2) is 0 Å². The van der Waals surface area contributed by atoms with E-state index in [2.05, 4.69) is 25.5 Å². The molecule has 2 N–H and O–H groups in total. The van der Waals surface area contributed by atoms with Gasteiger partial charge in [-0.3, -0.25) is 4.99 Å². The number of halogens is 3. The summed E-state index contributed by atoms with van der Waals surface area (Å²) in [6.45, 7) is 2.01. The summed E-state index contributed by atoms with van der Waals surface area (Å²) in [5, 5.41) is 10.5. The number of hydrogen-bond acceptors (Lipinski definition) is 5. The van der Waals surface area contributed by atoms with Crippen LogP contribution < -0.4 is 20.1 Å². The molecule has 29 heavy (non-hydrogen) atoms. The summed E-state index contributed by atoms with van der Waals surface area (Å²) in [5.74, 6) is 1.66. The summed E-state index contributed by atoms with van der Waals surface area (Å²) in [4.78, 5) is 4.19. The van der Waals surface area contributed by atoms with Crippen LogP contribution in [0.4, 0.5) is 8.78 Å². The van der Waals surface area contributed by atoms with Gasteiger partial charge in [0.05, 0.1) is 12.8 Å². The number of benzene rings is 1. The van der Waals surface area contributed by atoms with Gasteiger partial charge >= 0.3 is 6.61 Å². The Morgan fingerprint density at radius 1 is 1.17 bits per heavy atom. The first-order valence-electron chi connectivity index (χ1n) is 9.04. The highest BCUT2D eigenvalue weighted by molar-refractivity contribution is 14.0. The van der Waals surface area contributed by atoms with E-state index in [-0.39, 0.29) is 35.5 Å². The highest BCUT2D eigenvalue weighted by atomic mass is 127. The molecule has 0 aliphatic rings. The maximum Gasteiger partial charge on any atom is 0.387 e. The van der Waals surface area contributed by atoms with E-state index in [0.717, 1.165) is 35.4 Å². The molecule has 0 unspecified atom stereocenters. The van der Waals surface area contributed by atoms with Crippen molar-refractivity contribution in [1.82, 2.24) is 15.8 Å². The van der Waals surface area contributed by atoms with Crippen LogP contribution in [0, 0.1) is 0 Å². The number of guanidine groups is 1. The minimum Gasteiger partial charge on any atom is -0.493 e. The first-order chi connectivity index (χ1) is 13.5. The Hall–Kier alpha value is -2.11. The number of alkyl halides is 2. The van der Waals surface area contributed by atoms with Gasteiger partial charge in [0.15, 0.2) is 17.5 Å². The third-order valence-electron chi connectivity index (χ3n) is 4.17. The molecule has 1 heterocycles. The fourth-order valence-electron chi connectivity index (χ4n) is 2.74. The predicted molar refractivity (Wildman–Crippen MR) is 117 cm³/mol. The van der Waals surface area contributed by atoms with Crippen molar-refractivity contribution in [3.63, 3.8) is 0 Å². The average Bonchev–Trinajstić information content (AvgIpc) is 3.09. The standard InChI is InChI=1S/C19H26F2N4O3.HI/c1-5-14-13(15(6-2)28-25-14)11-24-19(22-3)23-10-12-7-8-16(26-4)17(9-12)27-18(20)21;/h7-9,18H,5-6,10-11H2,1-4H3,(H2,22,23,24);1H. The molecule has 0 aliphatic carbocycles. The lowest BCUT2D eigenvalue weighted by atomic mass is 10.1. The van der Waals surface area contributed by atoms with E-state index >= 15 is 0 Å². The average molecular weight is 524 g/mol. The number of nitrogens with one attached hydrogen (secondary N) is 2. The maximum absolute atomic E-state index is 12.6. The van der Waals surface area contributed by atoms with Gasteiger partial charge in [0.2, 0.25) is 0 Å². The van der Waals surface area contributed by atoms with Crippen LogP contribution in [0.2, 0.25) is 0 Å². The number of aliphatic imine (C=N–C) groups is 1. The fourth-order valence-corrected chi connectivity index (χ4v) is 2.74. The Labute approximate surface area is 186 Å². The predicted octanol–water partition coefficient (Wildman–Crippen LogP) is 3.89. The molecule has 162 valence electrons. The number of aryl methyl sites for hydroxylation is 2. The second-order valence-corrected chi connectivity index (χ2v) is 5.88. The van der Waals surface area contributed by atoms with Gasteiger partial charge in [-0.1, -0.05) is 25.1 Å². The van der Waals surface area contributed by atoms with Crippen molar-refractivity contribution in [2.45, 2.75) is 46.4 Å². The Morgan fingerprint density at radius 2 is 1.90 bits per heavy atom. The van der Waals surface area contributed by atoms with Crippen LogP contribution in [0.5, 0.6) is 11.5 Å². The highest BCUT2D eigenvalue weighted by Gasteiger charge is 2.14. The van der Waals surface area contributed by atoms with Crippen LogP contribution in [-0.2, 0) is 25.9 Å². The molecular formula is C19H27F2IN4O3. The molecule has 0 saturated heterocycles. The fraction of sp³-hybridized carbons (Fsp3) is 0.474. The number of hydrogen-bond donors (Lipinski definition) is 2. The van der Waals surface area contributed by atoms with E-state index in [1.807, 2.05) is 13.8 Å². The van der Waals surface area contributed by atoms with Gasteiger partial charge < -0.3 is 24.6 Å². The topological polar surface area (TPSA) is 80.9 Å². The maximum atomic E-state index is 12.6. The van der Waals surface area contributed by atoms with Crippen LogP contribution in [0.25, 0.3) is 0 Å². The third-order valence-corrected chi connectivity index (χ3v) is 4.17. The Bertz CT molecular complexity index is 778. The first kappa shape index (κ1) is 24.9. The van der Waals surface area contributed by atoms with Crippen LogP contribution in [-0.4, -0.2) is 31.9 Å². The summed E-state index contributed by atoms with van der Waals surface area (Å²) in [6.07, 6.45) is 1.54. The zero-order valence-electron chi connectivity index (χ0n) is 16.9. The second-order valence-electron chi connectivity index (χ2n) is 5.88. The van der Waals surface area contributed by atoms with E-state index in [9.17, 15) is 8.78 Å². The van der Waals surface area contributed by atoms with Gasteiger partial charge in [0.1, 0.15) is 5.76 Å². The molecule has 2 rings (SSSR count). The number of aromatic nitrogens is 1. The lowest BCUT2D eigenvalue weighted by molar-refractivity contribution is -0.0512. The quantitative estimate of drug-likeness (QED) is 0.295. The largest absolute Gasteiger partial charge is 0.493 e.